The lowest BCUT2D eigenvalue weighted by Crippen LogP contribution is -2.36. The van der Waals surface area contributed by atoms with Gasteiger partial charge in [-0.1, -0.05) is 0 Å². The molecular formula is C18H24N2O4. The predicted octanol–water partition coefficient (Wildman–Crippen LogP) is 2.68. The van der Waals surface area contributed by atoms with Crippen LogP contribution in [0.5, 0.6) is 11.5 Å². The van der Waals surface area contributed by atoms with Crippen molar-refractivity contribution < 1.29 is 19.1 Å². The molecule has 2 fully saturated rings. The highest BCUT2D eigenvalue weighted by molar-refractivity contribution is 6.05. The van der Waals surface area contributed by atoms with Crippen LogP contribution < -0.4 is 14.8 Å². The number of likely N-dealkylation sites (tertiary alicyclic amines) is 1. The van der Waals surface area contributed by atoms with Crippen molar-refractivity contribution >= 4 is 17.5 Å². The average molecular weight is 332 g/mol. The molecule has 6 heteroatoms. The third-order valence-electron chi connectivity index (χ3n) is 4.60. The molecule has 0 radical (unpaired) electrons. The van der Waals surface area contributed by atoms with Crippen LogP contribution in [0.25, 0.3) is 0 Å². The Kier molecular flexibility index (Phi) is 4.92. The van der Waals surface area contributed by atoms with Crippen LogP contribution in [0.3, 0.4) is 0 Å². The second kappa shape index (κ2) is 7.11. The third-order valence-corrected chi connectivity index (χ3v) is 4.60. The molecule has 1 heterocycles. The quantitative estimate of drug-likeness (QED) is 0.900. The van der Waals surface area contributed by atoms with Gasteiger partial charge in [-0.2, -0.15) is 0 Å². The van der Waals surface area contributed by atoms with Crippen LogP contribution in [-0.4, -0.2) is 44.0 Å². The zero-order valence-corrected chi connectivity index (χ0v) is 14.3. The molecule has 3 rings (SSSR count). The molecule has 0 unspecified atom stereocenters. The minimum atomic E-state index is -0.0678. The summed E-state index contributed by atoms with van der Waals surface area (Å²) >= 11 is 0. The Balaban J connectivity index is 1.93. The standard InChI is InChI=1S/C18H24N2O4/c1-23-15-10-13(18(22)20-8-4-3-5-9-20)14(11-16(15)24-2)19-17(21)12-6-7-12/h10-12H,3-9H2,1-2H3,(H,19,21). The summed E-state index contributed by atoms with van der Waals surface area (Å²) in [5.41, 5.74) is 0.962. The molecule has 0 bridgehead atoms. The fourth-order valence-electron chi connectivity index (χ4n) is 3.01. The lowest BCUT2D eigenvalue weighted by atomic mass is 10.1. The van der Waals surface area contributed by atoms with Gasteiger partial charge in [-0.15, -0.1) is 0 Å². The van der Waals surface area contributed by atoms with Gasteiger partial charge in [0.1, 0.15) is 0 Å². The van der Waals surface area contributed by atoms with Gasteiger partial charge in [0.25, 0.3) is 5.91 Å². The predicted molar refractivity (Wildman–Crippen MR) is 90.7 cm³/mol. The van der Waals surface area contributed by atoms with Crippen molar-refractivity contribution in [2.24, 2.45) is 5.92 Å². The highest BCUT2D eigenvalue weighted by Crippen LogP contribution is 2.36. The van der Waals surface area contributed by atoms with Gasteiger partial charge >= 0.3 is 0 Å². The van der Waals surface area contributed by atoms with Gasteiger partial charge in [-0.3, -0.25) is 9.59 Å². The Morgan fingerprint density at radius 1 is 1.04 bits per heavy atom. The molecule has 6 nitrogen and oxygen atoms in total. The smallest absolute Gasteiger partial charge is 0.256 e. The van der Waals surface area contributed by atoms with Crippen LogP contribution >= 0.6 is 0 Å². The van der Waals surface area contributed by atoms with Crippen molar-refractivity contribution in [1.29, 1.82) is 0 Å². The van der Waals surface area contributed by atoms with Crippen molar-refractivity contribution in [2.75, 3.05) is 32.6 Å². The van der Waals surface area contributed by atoms with Crippen LogP contribution in [0.15, 0.2) is 12.1 Å². The van der Waals surface area contributed by atoms with E-state index in [0.717, 1.165) is 45.2 Å². The summed E-state index contributed by atoms with van der Waals surface area (Å²) in [5.74, 6) is 0.953. The lowest BCUT2D eigenvalue weighted by Gasteiger charge is -2.28. The molecule has 0 atom stereocenters. The van der Waals surface area contributed by atoms with Gasteiger partial charge in [0.2, 0.25) is 5.91 Å². The summed E-state index contributed by atoms with van der Waals surface area (Å²) in [7, 11) is 3.08. The van der Waals surface area contributed by atoms with Gasteiger partial charge in [0.05, 0.1) is 25.5 Å². The van der Waals surface area contributed by atoms with Crippen molar-refractivity contribution in [3.05, 3.63) is 17.7 Å². The summed E-state index contributed by atoms with van der Waals surface area (Å²) in [6, 6.07) is 3.34. The molecule has 2 amide bonds. The molecular weight excluding hydrogens is 308 g/mol. The zero-order chi connectivity index (χ0) is 17.1. The molecule has 1 aromatic carbocycles. The molecule has 130 valence electrons. The second-order valence-corrected chi connectivity index (χ2v) is 6.37. The molecule has 24 heavy (non-hydrogen) atoms. The molecule has 0 aromatic heterocycles. The third kappa shape index (κ3) is 3.47. The number of rotatable bonds is 5. The van der Waals surface area contributed by atoms with E-state index in [2.05, 4.69) is 5.32 Å². The molecule has 1 N–H and O–H groups in total. The molecule has 0 spiro atoms. The Morgan fingerprint density at radius 2 is 1.67 bits per heavy atom. The second-order valence-electron chi connectivity index (χ2n) is 6.37. The van der Waals surface area contributed by atoms with Crippen LogP contribution in [-0.2, 0) is 4.79 Å². The highest BCUT2D eigenvalue weighted by atomic mass is 16.5. The fraction of sp³-hybridized carbons (Fsp3) is 0.556. The summed E-state index contributed by atoms with van der Waals surface area (Å²) in [6.07, 6.45) is 5.01. The Bertz CT molecular complexity index is 634. The van der Waals surface area contributed by atoms with Gasteiger partial charge in [-0.25, -0.2) is 0 Å². The van der Waals surface area contributed by atoms with E-state index in [-0.39, 0.29) is 17.7 Å². The number of carbonyl (C=O) groups excluding carboxylic acids is 2. The van der Waals surface area contributed by atoms with Gasteiger partial charge in [-0.05, 0) is 38.2 Å². The number of ether oxygens (including phenoxy) is 2. The Hall–Kier alpha value is -2.24. The summed E-state index contributed by atoms with van der Waals surface area (Å²) < 4.78 is 10.6. The van der Waals surface area contributed by atoms with Gasteiger partial charge in [0.15, 0.2) is 11.5 Å². The first-order valence-corrected chi connectivity index (χ1v) is 8.50. The van der Waals surface area contributed by atoms with E-state index in [9.17, 15) is 9.59 Å². The number of benzene rings is 1. The maximum Gasteiger partial charge on any atom is 0.256 e. The van der Waals surface area contributed by atoms with E-state index < -0.39 is 0 Å². The average Bonchev–Trinajstić information content (AvgIpc) is 3.46. The monoisotopic (exact) mass is 332 g/mol. The Morgan fingerprint density at radius 3 is 2.25 bits per heavy atom. The normalized spacial score (nSPS) is 17.3. The van der Waals surface area contributed by atoms with E-state index in [1.807, 2.05) is 4.90 Å². The first kappa shape index (κ1) is 16.6. The zero-order valence-electron chi connectivity index (χ0n) is 14.3. The van der Waals surface area contributed by atoms with Crippen molar-refractivity contribution in [2.45, 2.75) is 32.1 Å². The summed E-state index contributed by atoms with van der Waals surface area (Å²) in [6.45, 7) is 1.51. The number of nitrogens with one attached hydrogen (secondary N) is 1. The summed E-state index contributed by atoms with van der Waals surface area (Å²) in [4.78, 5) is 27.0. The number of nitrogens with zero attached hydrogens (tertiary/aromatic N) is 1. The first-order valence-electron chi connectivity index (χ1n) is 8.50. The minimum absolute atomic E-state index is 0.0325. The number of piperidine rings is 1. The lowest BCUT2D eigenvalue weighted by molar-refractivity contribution is -0.117. The molecule has 1 saturated heterocycles. The largest absolute Gasteiger partial charge is 0.493 e. The van der Waals surface area contributed by atoms with Gasteiger partial charge < -0.3 is 19.7 Å². The number of hydrogen-bond acceptors (Lipinski definition) is 4. The van der Waals surface area contributed by atoms with Crippen molar-refractivity contribution in [3.8, 4) is 11.5 Å². The number of anilines is 1. The van der Waals surface area contributed by atoms with E-state index in [1.165, 1.54) is 14.2 Å². The van der Waals surface area contributed by atoms with E-state index in [1.54, 1.807) is 12.1 Å². The minimum Gasteiger partial charge on any atom is -0.493 e. The van der Waals surface area contributed by atoms with Crippen LogP contribution in [0.2, 0.25) is 0 Å². The molecule has 1 aliphatic carbocycles. The number of carbonyl (C=O) groups is 2. The Labute approximate surface area is 142 Å². The number of hydrogen-bond donors (Lipinski definition) is 1. The number of amides is 2. The van der Waals surface area contributed by atoms with Crippen molar-refractivity contribution in [3.63, 3.8) is 0 Å². The van der Waals surface area contributed by atoms with E-state index in [4.69, 9.17) is 9.47 Å². The molecule has 2 aliphatic rings. The molecule has 1 aliphatic heterocycles. The van der Waals surface area contributed by atoms with Crippen molar-refractivity contribution in [1.82, 2.24) is 4.90 Å². The SMILES string of the molecule is COc1cc(NC(=O)C2CC2)c(C(=O)N2CCCCC2)cc1OC. The topological polar surface area (TPSA) is 67.9 Å². The van der Waals surface area contributed by atoms with Crippen LogP contribution in [0, 0.1) is 5.92 Å². The maximum absolute atomic E-state index is 12.9. The number of methoxy groups -OCH3 is 2. The van der Waals surface area contributed by atoms with Gasteiger partial charge in [0, 0.05) is 25.1 Å². The maximum atomic E-state index is 12.9. The van der Waals surface area contributed by atoms with Crippen LogP contribution in [0.1, 0.15) is 42.5 Å². The summed E-state index contributed by atoms with van der Waals surface area (Å²) in [5, 5.41) is 2.90. The highest BCUT2D eigenvalue weighted by Gasteiger charge is 2.31. The fourth-order valence-corrected chi connectivity index (χ4v) is 3.01. The van der Waals surface area contributed by atoms with E-state index >= 15 is 0 Å². The first-order chi connectivity index (χ1) is 11.6. The van der Waals surface area contributed by atoms with E-state index in [0.29, 0.717) is 22.7 Å². The molecule has 1 saturated carbocycles. The molecule has 1 aromatic rings. The van der Waals surface area contributed by atoms with Crippen LogP contribution in [0.4, 0.5) is 5.69 Å².